The van der Waals surface area contributed by atoms with Gasteiger partial charge in [0.1, 0.15) is 5.75 Å². The van der Waals surface area contributed by atoms with Crippen molar-refractivity contribution >= 4 is 17.5 Å². The Morgan fingerprint density at radius 1 is 1.19 bits per heavy atom. The third-order valence-corrected chi connectivity index (χ3v) is 4.02. The molecule has 0 aliphatic carbocycles. The first-order valence-corrected chi connectivity index (χ1v) is 8.92. The van der Waals surface area contributed by atoms with Crippen molar-refractivity contribution in [2.24, 2.45) is 0 Å². The summed E-state index contributed by atoms with van der Waals surface area (Å²) in [5.41, 5.74) is 1.49. The van der Waals surface area contributed by atoms with Crippen LogP contribution in [0.15, 0.2) is 61.4 Å². The largest absolute Gasteiger partial charge is 0.481 e. The van der Waals surface area contributed by atoms with Crippen LogP contribution in [0.5, 0.6) is 17.5 Å². The third-order valence-electron chi connectivity index (χ3n) is 4.02. The van der Waals surface area contributed by atoms with Gasteiger partial charge in [-0.15, -0.1) is 0 Å². The van der Waals surface area contributed by atoms with Crippen LogP contribution in [0.25, 0.3) is 0 Å². The molecule has 3 rings (SSSR count). The van der Waals surface area contributed by atoms with Gasteiger partial charge in [0.25, 0.3) is 5.88 Å². The highest BCUT2D eigenvalue weighted by Gasteiger charge is 2.11. The van der Waals surface area contributed by atoms with Crippen LogP contribution in [0.3, 0.4) is 0 Å². The first kappa shape index (κ1) is 23.3. The lowest BCUT2D eigenvalue weighted by molar-refractivity contribution is -0.125. The summed E-state index contributed by atoms with van der Waals surface area (Å²) in [6, 6.07) is 10.3. The number of anilines is 2. The molecule has 0 fully saturated rings. The van der Waals surface area contributed by atoms with E-state index in [1.807, 2.05) is 0 Å². The quantitative estimate of drug-likeness (QED) is 0.537. The monoisotopic (exact) mass is 425 g/mol. The standard InChI is InChI=1S/C21H20FN5O3.CH4/c1-4-19(28)27(2)13-14-5-8-16(9-6-14)30-20-17(22)12-24-21(26-20)25-15-7-10-18(29-3)23-11-15;/h4-12H,1,13H2,2-3H3,(H,24,25,26);1H4. The summed E-state index contributed by atoms with van der Waals surface area (Å²) < 4.78 is 24.7. The number of hydrogen-bond donors (Lipinski definition) is 1. The predicted octanol–water partition coefficient (Wildman–Crippen LogP) is 4.34. The summed E-state index contributed by atoms with van der Waals surface area (Å²) in [7, 11) is 3.20. The van der Waals surface area contributed by atoms with E-state index in [1.165, 1.54) is 18.1 Å². The van der Waals surface area contributed by atoms with E-state index in [-0.39, 0.29) is 25.2 Å². The van der Waals surface area contributed by atoms with Gasteiger partial charge < -0.3 is 19.7 Å². The average Bonchev–Trinajstić information content (AvgIpc) is 2.77. The van der Waals surface area contributed by atoms with Gasteiger partial charge in [-0.05, 0) is 29.8 Å². The van der Waals surface area contributed by atoms with Crippen LogP contribution in [-0.4, -0.2) is 39.9 Å². The molecule has 1 aromatic carbocycles. The molecule has 0 unspecified atom stereocenters. The lowest BCUT2D eigenvalue weighted by atomic mass is 10.2. The van der Waals surface area contributed by atoms with Gasteiger partial charge in [-0.2, -0.15) is 9.37 Å². The van der Waals surface area contributed by atoms with Crippen molar-refractivity contribution in [2.75, 3.05) is 19.5 Å². The third kappa shape index (κ3) is 6.23. The number of carbonyl (C=O) groups is 1. The van der Waals surface area contributed by atoms with Crippen LogP contribution in [-0.2, 0) is 11.3 Å². The van der Waals surface area contributed by atoms with Gasteiger partial charge in [0.2, 0.25) is 23.6 Å². The van der Waals surface area contributed by atoms with Crippen molar-refractivity contribution in [3.05, 3.63) is 72.8 Å². The smallest absolute Gasteiger partial charge is 0.260 e. The topological polar surface area (TPSA) is 89.5 Å². The van der Waals surface area contributed by atoms with Crippen LogP contribution in [0, 0.1) is 5.82 Å². The number of methoxy groups -OCH3 is 1. The molecule has 0 aliphatic rings. The molecular formula is C22H24FN5O3. The molecule has 9 heteroatoms. The van der Waals surface area contributed by atoms with Gasteiger partial charge in [-0.25, -0.2) is 9.97 Å². The van der Waals surface area contributed by atoms with E-state index in [0.29, 0.717) is 23.9 Å². The molecule has 162 valence electrons. The Labute approximate surface area is 180 Å². The molecule has 0 saturated heterocycles. The number of hydrogen-bond acceptors (Lipinski definition) is 7. The number of amides is 1. The van der Waals surface area contributed by atoms with E-state index >= 15 is 0 Å². The molecule has 1 amide bonds. The number of nitrogens with one attached hydrogen (secondary N) is 1. The number of carbonyl (C=O) groups excluding carboxylic acids is 1. The Kier molecular flexibility index (Phi) is 8.01. The van der Waals surface area contributed by atoms with Gasteiger partial charge in [-0.1, -0.05) is 26.1 Å². The van der Waals surface area contributed by atoms with E-state index < -0.39 is 5.82 Å². The maximum atomic E-state index is 14.1. The zero-order valence-electron chi connectivity index (χ0n) is 16.5. The number of nitrogens with zero attached hydrogens (tertiary/aromatic N) is 4. The number of halogens is 1. The number of likely N-dealkylation sites (N-methyl/N-ethyl adjacent to an activating group) is 1. The molecule has 3 aromatic rings. The number of benzene rings is 1. The summed E-state index contributed by atoms with van der Waals surface area (Å²) in [5.74, 6) is -0.0845. The molecule has 0 saturated carbocycles. The SMILES string of the molecule is C.C=CC(=O)N(C)Cc1ccc(Oc2nc(Nc3ccc(OC)nc3)ncc2F)cc1. The van der Waals surface area contributed by atoms with Gasteiger partial charge in [0.05, 0.1) is 25.2 Å². The van der Waals surface area contributed by atoms with Crippen molar-refractivity contribution in [1.29, 1.82) is 0 Å². The normalized spacial score (nSPS) is 9.90. The minimum atomic E-state index is -0.700. The second kappa shape index (κ2) is 10.7. The molecular weight excluding hydrogens is 401 g/mol. The molecule has 2 aromatic heterocycles. The molecule has 31 heavy (non-hydrogen) atoms. The van der Waals surface area contributed by atoms with Crippen molar-refractivity contribution < 1.29 is 18.7 Å². The van der Waals surface area contributed by atoms with Crippen molar-refractivity contribution in [2.45, 2.75) is 14.0 Å². The van der Waals surface area contributed by atoms with Crippen molar-refractivity contribution in [3.8, 4) is 17.5 Å². The summed E-state index contributed by atoms with van der Waals surface area (Å²) in [4.78, 5) is 25.1. The Hall–Kier alpha value is -4.01. The van der Waals surface area contributed by atoms with Gasteiger partial charge >= 0.3 is 0 Å². The van der Waals surface area contributed by atoms with Crippen LogP contribution in [0.4, 0.5) is 16.0 Å². The maximum Gasteiger partial charge on any atom is 0.260 e. The fraction of sp³-hybridized carbons (Fsp3) is 0.182. The van der Waals surface area contributed by atoms with Crippen molar-refractivity contribution in [1.82, 2.24) is 19.9 Å². The summed E-state index contributed by atoms with van der Waals surface area (Å²) in [6.45, 7) is 3.87. The first-order chi connectivity index (χ1) is 14.5. The maximum absolute atomic E-state index is 14.1. The molecule has 8 nitrogen and oxygen atoms in total. The van der Waals surface area contributed by atoms with Gasteiger partial charge in [-0.3, -0.25) is 4.79 Å². The fourth-order valence-electron chi connectivity index (χ4n) is 2.47. The predicted molar refractivity (Wildman–Crippen MR) is 116 cm³/mol. The number of aromatic nitrogens is 3. The van der Waals surface area contributed by atoms with E-state index in [9.17, 15) is 9.18 Å². The van der Waals surface area contributed by atoms with E-state index in [1.54, 1.807) is 49.6 Å². The zero-order valence-corrected chi connectivity index (χ0v) is 16.5. The number of rotatable bonds is 8. The van der Waals surface area contributed by atoms with Crippen LogP contribution in [0.1, 0.15) is 13.0 Å². The van der Waals surface area contributed by atoms with Gasteiger partial charge in [0, 0.05) is 19.7 Å². The second-order valence-electron chi connectivity index (χ2n) is 6.21. The second-order valence-corrected chi connectivity index (χ2v) is 6.21. The van der Waals surface area contributed by atoms with Crippen LogP contribution < -0.4 is 14.8 Å². The minimum Gasteiger partial charge on any atom is -0.481 e. The molecule has 0 aliphatic heterocycles. The highest BCUT2D eigenvalue weighted by Crippen LogP contribution is 2.24. The molecule has 1 N–H and O–H groups in total. The van der Waals surface area contributed by atoms with Gasteiger partial charge in [0.15, 0.2) is 0 Å². The molecule has 0 radical (unpaired) electrons. The Balaban J connectivity index is 0.00000341. The fourth-order valence-corrected chi connectivity index (χ4v) is 2.47. The molecule has 0 bridgehead atoms. The number of pyridine rings is 1. The highest BCUT2D eigenvalue weighted by atomic mass is 19.1. The summed E-state index contributed by atoms with van der Waals surface area (Å²) >= 11 is 0. The van der Waals surface area contributed by atoms with E-state index in [4.69, 9.17) is 9.47 Å². The lowest BCUT2D eigenvalue weighted by Gasteiger charge is -2.15. The average molecular weight is 425 g/mol. The zero-order chi connectivity index (χ0) is 21.5. The van der Waals surface area contributed by atoms with Crippen LogP contribution >= 0.6 is 0 Å². The minimum absolute atomic E-state index is 0. The van der Waals surface area contributed by atoms with Crippen LogP contribution in [0.2, 0.25) is 0 Å². The Morgan fingerprint density at radius 3 is 2.55 bits per heavy atom. The number of ether oxygens (including phenoxy) is 2. The Bertz CT molecular complexity index is 1030. The lowest BCUT2D eigenvalue weighted by Crippen LogP contribution is -2.23. The van der Waals surface area contributed by atoms with E-state index in [2.05, 4.69) is 26.8 Å². The summed E-state index contributed by atoms with van der Waals surface area (Å²) in [5, 5.41) is 2.92. The highest BCUT2D eigenvalue weighted by molar-refractivity contribution is 5.86. The summed E-state index contributed by atoms with van der Waals surface area (Å²) in [6.07, 6.45) is 3.81. The Morgan fingerprint density at radius 2 is 1.94 bits per heavy atom. The molecule has 0 spiro atoms. The van der Waals surface area contributed by atoms with E-state index in [0.717, 1.165) is 11.8 Å². The van der Waals surface area contributed by atoms with Crippen molar-refractivity contribution in [3.63, 3.8) is 0 Å². The first-order valence-electron chi connectivity index (χ1n) is 8.92. The molecule has 0 atom stereocenters. The molecule has 2 heterocycles.